The second kappa shape index (κ2) is 8.27. The van der Waals surface area contributed by atoms with Gasteiger partial charge in [-0.05, 0) is 30.3 Å². The molecule has 3 aromatic rings. The molecule has 3 heterocycles. The number of thioether (sulfide) groups is 1. The molecule has 1 amide bonds. The van der Waals surface area contributed by atoms with E-state index in [1.807, 2.05) is 41.3 Å². The molecule has 5 rings (SSSR count). The predicted octanol–water partition coefficient (Wildman–Crippen LogP) is 2.91. The van der Waals surface area contributed by atoms with Crippen LogP contribution < -0.4 is 14.4 Å². The number of hydrogen-bond acceptors (Lipinski definition) is 8. The van der Waals surface area contributed by atoms with Crippen LogP contribution in [0, 0.1) is 0 Å². The topological polar surface area (TPSA) is 80.9 Å². The summed E-state index contributed by atoms with van der Waals surface area (Å²) in [6.45, 7) is 3.29. The molecular formula is C21H20N4O4S. The zero-order valence-corrected chi connectivity index (χ0v) is 17.0. The Hall–Kier alpha value is -3.20. The average molecular weight is 424 g/mol. The largest absolute Gasteiger partial charge is 0.454 e. The minimum Gasteiger partial charge on any atom is -0.454 e. The van der Waals surface area contributed by atoms with E-state index in [0.717, 1.165) is 18.7 Å². The summed E-state index contributed by atoms with van der Waals surface area (Å²) in [6.07, 6.45) is 0. The van der Waals surface area contributed by atoms with Crippen molar-refractivity contribution >= 4 is 23.4 Å². The monoisotopic (exact) mass is 424 g/mol. The number of fused-ring (bicyclic) bond motifs is 1. The van der Waals surface area contributed by atoms with Crippen molar-refractivity contribution in [3.63, 3.8) is 0 Å². The van der Waals surface area contributed by atoms with Crippen LogP contribution in [-0.4, -0.2) is 59.7 Å². The van der Waals surface area contributed by atoms with Gasteiger partial charge in [0, 0.05) is 37.4 Å². The maximum absolute atomic E-state index is 12.6. The number of nitrogens with zero attached hydrogens (tertiary/aromatic N) is 4. The van der Waals surface area contributed by atoms with Gasteiger partial charge in [-0.15, -0.1) is 10.2 Å². The lowest BCUT2D eigenvalue weighted by Crippen LogP contribution is -2.49. The number of rotatable bonds is 5. The number of benzene rings is 2. The lowest BCUT2D eigenvalue weighted by molar-refractivity contribution is -0.128. The van der Waals surface area contributed by atoms with E-state index in [1.54, 1.807) is 0 Å². The van der Waals surface area contributed by atoms with Gasteiger partial charge in [0.1, 0.15) is 0 Å². The number of carbonyl (C=O) groups is 1. The van der Waals surface area contributed by atoms with E-state index in [-0.39, 0.29) is 18.5 Å². The predicted molar refractivity (Wildman–Crippen MR) is 112 cm³/mol. The number of aromatic nitrogens is 2. The standard InChI is InChI=1S/C21H20N4O4S/c26-19(25-10-8-24(9-11-25)16-4-2-1-3-5-16)13-30-21-23-22-20(29-21)15-6-7-17-18(12-15)28-14-27-17/h1-7,12H,8-11,13-14H2. The van der Waals surface area contributed by atoms with Gasteiger partial charge >= 0.3 is 0 Å². The summed E-state index contributed by atoms with van der Waals surface area (Å²) in [5.41, 5.74) is 1.95. The number of amides is 1. The summed E-state index contributed by atoms with van der Waals surface area (Å²) < 4.78 is 16.4. The first-order valence-electron chi connectivity index (χ1n) is 9.70. The third-order valence-electron chi connectivity index (χ3n) is 5.10. The van der Waals surface area contributed by atoms with Crippen LogP contribution in [0.2, 0.25) is 0 Å². The van der Waals surface area contributed by atoms with Gasteiger partial charge in [0.25, 0.3) is 5.22 Å². The number of hydrogen-bond donors (Lipinski definition) is 0. The molecule has 0 aliphatic carbocycles. The van der Waals surface area contributed by atoms with Crippen LogP contribution in [-0.2, 0) is 4.79 Å². The Bertz CT molecular complexity index is 1030. The molecule has 154 valence electrons. The Morgan fingerprint density at radius 2 is 1.77 bits per heavy atom. The van der Waals surface area contributed by atoms with Crippen LogP contribution in [0.5, 0.6) is 11.5 Å². The smallest absolute Gasteiger partial charge is 0.277 e. The van der Waals surface area contributed by atoms with E-state index in [1.165, 1.54) is 17.4 Å². The van der Waals surface area contributed by atoms with Crippen LogP contribution in [0.3, 0.4) is 0 Å². The summed E-state index contributed by atoms with van der Waals surface area (Å²) in [6, 6.07) is 15.7. The van der Waals surface area contributed by atoms with Crippen LogP contribution >= 0.6 is 11.8 Å². The fourth-order valence-electron chi connectivity index (χ4n) is 3.48. The van der Waals surface area contributed by atoms with Crippen LogP contribution in [0.1, 0.15) is 0 Å². The van der Waals surface area contributed by atoms with Crippen molar-refractivity contribution in [1.29, 1.82) is 0 Å². The first-order chi connectivity index (χ1) is 14.8. The second-order valence-electron chi connectivity index (χ2n) is 6.93. The summed E-state index contributed by atoms with van der Waals surface area (Å²) in [5, 5.41) is 8.50. The SMILES string of the molecule is O=C(CSc1nnc(-c2ccc3c(c2)OCO3)o1)N1CCN(c2ccccc2)CC1. The second-order valence-corrected chi connectivity index (χ2v) is 7.86. The zero-order chi connectivity index (χ0) is 20.3. The van der Waals surface area contributed by atoms with Gasteiger partial charge in [-0.3, -0.25) is 4.79 Å². The molecule has 0 N–H and O–H groups in total. The highest BCUT2D eigenvalue weighted by atomic mass is 32.2. The third kappa shape index (κ3) is 3.93. The normalized spacial score (nSPS) is 15.5. The van der Waals surface area contributed by atoms with Crippen molar-refractivity contribution in [3.8, 4) is 23.0 Å². The van der Waals surface area contributed by atoms with Crippen molar-refractivity contribution in [2.75, 3.05) is 43.6 Å². The molecule has 30 heavy (non-hydrogen) atoms. The molecule has 1 aromatic heterocycles. The quantitative estimate of drug-likeness (QED) is 0.579. The molecule has 2 aliphatic rings. The average Bonchev–Trinajstić information content (AvgIpc) is 3.47. The van der Waals surface area contributed by atoms with E-state index in [2.05, 4.69) is 27.2 Å². The van der Waals surface area contributed by atoms with Crippen molar-refractivity contribution < 1.29 is 18.7 Å². The van der Waals surface area contributed by atoms with E-state index < -0.39 is 0 Å². The maximum atomic E-state index is 12.6. The highest BCUT2D eigenvalue weighted by Gasteiger charge is 2.22. The molecule has 0 spiro atoms. The van der Waals surface area contributed by atoms with E-state index in [4.69, 9.17) is 13.9 Å². The Labute approximate surface area is 177 Å². The molecule has 2 aliphatic heterocycles. The number of ether oxygens (including phenoxy) is 2. The number of para-hydroxylation sites is 1. The Morgan fingerprint density at radius 1 is 0.967 bits per heavy atom. The summed E-state index contributed by atoms with van der Waals surface area (Å²) in [7, 11) is 0. The van der Waals surface area contributed by atoms with Gasteiger partial charge in [0.05, 0.1) is 5.75 Å². The molecule has 0 radical (unpaired) electrons. The van der Waals surface area contributed by atoms with Crippen molar-refractivity contribution in [2.24, 2.45) is 0 Å². The summed E-state index contributed by atoms with van der Waals surface area (Å²) in [4.78, 5) is 16.8. The third-order valence-corrected chi connectivity index (χ3v) is 5.90. The number of carbonyl (C=O) groups excluding carboxylic acids is 1. The lowest BCUT2D eigenvalue weighted by atomic mass is 10.2. The van der Waals surface area contributed by atoms with Crippen LogP contribution in [0.4, 0.5) is 5.69 Å². The summed E-state index contributed by atoms with van der Waals surface area (Å²) >= 11 is 1.26. The van der Waals surface area contributed by atoms with Crippen molar-refractivity contribution in [1.82, 2.24) is 15.1 Å². The first kappa shape index (κ1) is 18.8. The molecule has 0 unspecified atom stereocenters. The van der Waals surface area contributed by atoms with E-state index in [0.29, 0.717) is 35.7 Å². The van der Waals surface area contributed by atoms with Crippen molar-refractivity contribution in [3.05, 3.63) is 48.5 Å². The van der Waals surface area contributed by atoms with Crippen LogP contribution in [0.15, 0.2) is 58.2 Å². The first-order valence-corrected chi connectivity index (χ1v) is 10.7. The Balaban J connectivity index is 1.14. The fraction of sp³-hybridized carbons (Fsp3) is 0.286. The molecule has 0 bridgehead atoms. The number of piperazine rings is 1. The Kier molecular flexibility index (Phi) is 5.18. The molecule has 0 saturated carbocycles. The molecule has 9 heteroatoms. The van der Waals surface area contributed by atoms with Crippen molar-refractivity contribution in [2.45, 2.75) is 5.22 Å². The maximum Gasteiger partial charge on any atom is 0.277 e. The minimum atomic E-state index is 0.0792. The van der Waals surface area contributed by atoms with Crippen LogP contribution in [0.25, 0.3) is 11.5 Å². The Morgan fingerprint density at radius 3 is 2.60 bits per heavy atom. The minimum absolute atomic E-state index is 0.0792. The molecule has 1 fully saturated rings. The molecular weight excluding hydrogens is 404 g/mol. The highest BCUT2D eigenvalue weighted by Crippen LogP contribution is 2.36. The molecule has 8 nitrogen and oxygen atoms in total. The highest BCUT2D eigenvalue weighted by molar-refractivity contribution is 7.99. The molecule has 2 aromatic carbocycles. The van der Waals surface area contributed by atoms with Gasteiger partial charge in [-0.25, -0.2) is 0 Å². The van der Waals surface area contributed by atoms with Gasteiger partial charge < -0.3 is 23.7 Å². The summed E-state index contributed by atoms with van der Waals surface area (Å²) in [5.74, 6) is 2.10. The van der Waals surface area contributed by atoms with E-state index >= 15 is 0 Å². The van der Waals surface area contributed by atoms with Gasteiger partial charge in [0.15, 0.2) is 11.5 Å². The fourth-order valence-corrected chi connectivity index (χ4v) is 4.15. The van der Waals surface area contributed by atoms with Gasteiger partial charge in [0.2, 0.25) is 18.6 Å². The molecule has 1 saturated heterocycles. The van der Waals surface area contributed by atoms with Gasteiger partial charge in [-0.1, -0.05) is 30.0 Å². The number of anilines is 1. The van der Waals surface area contributed by atoms with E-state index in [9.17, 15) is 4.79 Å². The lowest BCUT2D eigenvalue weighted by Gasteiger charge is -2.36. The van der Waals surface area contributed by atoms with Gasteiger partial charge in [-0.2, -0.15) is 0 Å². The molecule has 0 atom stereocenters. The zero-order valence-electron chi connectivity index (χ0n) is 16.2.